The van der Waals surface area contributed by atoms with Crippen LogP contribution < -0.4 is 5.32 Å². The molecule has 0 saturated carbocycles. The van der Waals surface area contributed by atoms with Crippen LogP contribution in [0.4, 0.5) is 17.6 Å². The zero-order chi connectivity index (χ0) is 14.8. The van der Waals surface area contributed by atoms with E-state index in [0.29, 0.717) is 32.6 Å². The minimum Gasteiger partial charge on any atom is -0.314 e. The highest BCUT2D eigenvalue weighted by atomic mass is 35.5. The number of alkyl halides is 3. The Morgan fingerprint density at radius 1 is 1.18 bits per heavy atom. The van der Waals surface area contributed by atoms with E-state index in [9.17, 15) is 17.6 Å². The summed E-state index contributed by atoms with van der Waals surface area (Å²) < 4.78 is 53.3. The second kappa shape index (κ2) is 8.91. The fraction of sp³-hybridized carbons (Fsp3) is 0.571. The summed E-state index contributed by atoms with van der Waals surface area (Å²) in [6.45, 7) is 4.48. The molecule has 2 rings (SSSR count). The van der Waals surface area contributed by atoms with Crippen molar-refractivity contribution < 1.29 is 17.6 Å². The van der Waals surface area contributed by atoms with Gasteiger partial charge >= 0.3 is 6.18 Å². The molecule has 0 aliphatic carbocycles. The largest absolute Gasteiger partial charge is 0.416 e. The van der Waals surface area contributed by atoms with E-state index in [2.05, 4.69) is 5.32 Å². The van der Waals surface area contributed by atoms with Gasteiger partial charge in [0, 0.05) is 37.8 Å². The van der Waals surface area contributed by atoms with Crippen molar-refractivity contribution in [3.8, 4) is 0 Å². The highest BCUT2D eigenvalue weighted by molar-refractivity contribution is 5.85. The van der Waals surface area contributed by atoms with Gasteiger partial charge in [-0.05, 0) is 18.6 Å². The maximum Gasteiger partial charge on any atom is 0.416 e. The van der Waals surface area contributed by atoms with Gasteiger partial charge in [-0.25, -0.2) is 4.39 Å². The molecule has 128 valence electrons. The van der Waals surface area contributed by atoms with Crippen molar-refractivity contribution in [1.29, 1.82) is 0 Å². The highest BCUT2D eigenvalue weighted by Crippen LogP contribution is 2.38. The van der Waals surface area contributed by atoms with Crippen LogP contribution in [0.5, 0.6) is 0 Å². The van der Waals surface area contributed by atoms with Crippen LogP contribution in [0.15, 0.2) is 18.2 Å². The average molecular weight is 363 g/mol. The molecule has 0 radical (unpaired) electrons. The molecule has 1 aromatic carbocycles. The van der Waals surface area contributed by atoms with Gasteiger partial charge in [-0.15, -0.1) is 24.8 Å². The Labute approximate surface area is 140 Å². The van der Waals surface area contributed by atoms with E-state index in [4.69, 9.17) is 0 Å². The van der Waals surface area contributed by atoms with Gasteiger partial charge in [0.25, 0.3) is 0 Å². The Balaban J connectivity index is 0.00000220. The molecule has 1 aliphatic rings. The van der Waals surface area contributed by atoms with Crippen LogP contribution in [0.25, 0.3) is 0 Å². The first-order chi connectivity index (χ1) is 9.45. The molecule has 8 heteroatoms. The lowest BCUT2D eigenvalue weighted by Gasteiger charge is -2.36. The molecular formula is C14H20Cl2F4N2. The van der Waals surface area contributed by atoms with Crippen molar-refractivity contribution in [2.75, 3.05) is 26.2 Å². The lowest BCUT2D eigenvalue weighted by atomic mass is 9.95. The molecule has 0 spiro atoms. The number of nitrogens with one attached hydrogen (secondary N) is 1. The maximum atomic E-state index is 14.0. The third-order valence-electron chi connectivity index (χ3n) is 3.67. The predicted molar refractivity (Wildman–Crippen MR) is 83.4 cm³/mol. The molecule has 1 saturated heterocycles. The quantitative estimate of drug-likeness (QED) is 0.816. The summed E-state index contributed by atoms with van der Waals surface area (Å²) in [6.07, 6.45) is -4.08. The fourth-order valence-corrected chi connectivity index (χ4v) is 2.76. The number of hydrogen-bond acceptors (Lipinski definition) is 2. The first-order valence-electron chi connectivity index (χ1n) is 6.75. The zero-order valence-electron chi connectivity index (χ0n) is 12.1. The first-order valence-corrected chi connectivity index (χ1v) is 6.75. The van der Waals surface area contributed by atoms with Gasteiger partial charge in [0.15, 0.2) is 0 Å². The smallest absolute Gasteiger partial charge is 0.314 e. The van der Waals surface area contributed by atoms with Gasteiger partial charge in [-0.3, -0.25) is 4.90 Å². The van der Waals surface area contributed by atoms with E-state index in [1.54, 1.807) is 6.92 Å². The van der Waals surface area contributed by atoms with E-state index >= 15 is 0 Å². The molecule has 1 fully saturated rings. The Morgan fingerprint density at radius 3 is 2.27 bits per heavy atom. The Bertz CT molecular complexity index is 463. The second-order valence-corrected chi connectivity index (χ2v) is 4.91. The van der Waals surface area contributed by atoms with Crippen molar-refractivity contribution in [1.82, 2.24) is 10.2 Å². The molecule has 1 atom stereocenters. The van der Waals surface area contributed by atoms with Gasteiger partial charge in [0.05, 0.1) is 5.56 Å². The third-order valence-corrected chi connectivity index (χ3v) is 3.67. The van der Waals surface area contributed by atoms with Crippen molar-refractivity contribution >= 4 is 24.8 Å². The van der Waals surface area contributed by atoms with Crippen molar-refractivity contribution in [3.63, 3.8) is 0 Å². The fourth-order valence-electron chi connectivity index (χ4n) is 2.76. The normalized spacial score (nSPS) is 17.3. The summed E-state index contributed by atoms with van der Waals surface area (Å²) in [5.41, 5.74) is -1.08. The molecule has 0 bridgehead atoms. The Hall–Kier alpha value is -0.560. The molecule has 0 unspecified atom stereocenters. The van der Waals surface area contributed by atoms with Gasteiger partial charge in [0.1, 0.15) is 5.82 Å². The van der Waals surface area contributed by atoms with Crippen LogP contribution in [0.3, 0.4) is 0 Å². The number of benzene rings is 1. The van der Waals surface area contributed by atoms with Crippen LogP contribution in [0, 0.1) is 5.82 Å². The van der Waals surface area contributed by atoms with E-state index < -0.39 is 23.6 Å². The predicted octanol–water partition coefficient (Wildman–Crippen LogP) is 4.04. The standard InChI is InChI=1S/C14H18F4N2.2ClH/c1-2-12(20-8-6-19-7-9-20)13-10(14(16,17)18)4-3-5-11(13)15;;/h3-5,12,19H,2,6-9H2,1H3;2*1H/t12-;;/m0../s1. The molecular weight excluding hydrogens is 343 g/mol. The van der Waals surface area contributed by atoms with Gasteiger partial charge in [-0.2, -0.15) is 13.2 Å². The number of hydrogen-bond donors (Lipinski definition) is 1. The Morgan fingerprint density at radius 2 is 1.77 bits per heavy atom. The number of piperazine rings is 1. The molecule has 0 amide bonds. The highest BCUT2D eigenvalue weighted by Gasteiger charge is 2.37. The van der Waals surface area contributed by atoms with Crippen LogP contribution in [-0.4, -0.2) is 31.1 Å². The molecule has 1 heterocycles. The summed E-state index contributed by atoms with van der Waals surface area (Å²) in [7, 11) is 0. The monoisotopic (exact) mass is 362 g/mol. The lowest BCUT2D eigenvalue weighted by molar-refractivity contribution is -0.139. The van der Waals surface area contributed by atoms with Crippen LogP contribution in [0.2, 0.25) is 0 Å². The number of halogens is 6. The van der Waals surface area contributed by atoms with Gasteiger partial charge in [-0.1, -0.05) is 13.0 Å². The summed E-state index contributed by atoms with van der Waals surface area (Å²) in [4.78, 5) is 1.92. The lowest BCUT2D eigenvalue weighted by Crippen LogP contribution is -2.45. The molecule has 1 N–H and O–H groups in total. The molecule has 1 aromatic rings. The van der Waals surface area contributed by atoms with E-state index in [1.165, 1.54) is 0 Å². The molecule has 0 aromatic heterocycles. The summed E-state index contributed by atoms with van der Waals surface area (Å²) in [5.74, 6) is -0.773. The minimum atomic E-state index is -4.53. The van der Waals surface area contributed by atoms with E-state index in [1.807, 2.05) is 4.90 Å². The molecule has 1 aliphatic heterocycles. The average Bonchev–Trinajstić information content (AvgIpc) is 2.41. The van der Waals surface area contributed by atoms with E-state index in [0.717, 1.165) is 18.2 Å². The number of nitrogens with zero attached hydrogens (tertiary/aromatic N) is 1. The topological polar surface area (TPSA) is 15.3 Å². The summed E-state index contributed by atoms with van der Waals surface area (Å²) >= 11 is 0. The molecule has 22 heavy (non-hydrogen) atoms. The van der Waals surface area contributed by atoms with Gasteiger partial charge in [0.2, 0.25) is 0 Å². The second-order valence-electron chi connectivity index (χ2n) is 4.91. The minimum absolute atomic E-state index is 0. The number of rotatable bonds is 3. The third kappa shape index (κ3) is 4.72. The molecule has 2 nitrogen and oxygen atoms in total. The van der Waals surface area contributed by atoms with Crippen LogP contribution in [0.1, 0.15) is 30.5 Å². The zero-order valence-corrected chi connectivity index (χ0v) is 13.8. The maximum absolute atomic E-state index is 14.0. The summed E-state index contributed by atoms with van der Waals surface area (Å²) in [5, 5.41) is 3.15. The van der Waals surface area contributed by atoms with Crippen molar-refractivity contribution in [2.45, 2.75) is 25.6 Å². The van der Waals surface area contributed by atoms with Gasteiger partial charge < -0.3 is 5.32 Å². The van der Waals surface area contributed by atoms with E-state index in [-0.39, 0.29) is 30.4 Å². The summed E-state index contributed by atoms with van der Waals surface area (Å²) in [6, 6.07) is 2.65. The van der Waals surface area contributed by atoms with Crippen LogP contribution >= 0.6 is 24.8 Å². The first kappa shape index (κ1) is 21.4. The van der Waals surface area contributed by atoms with Crippen molar-refractivity contribution in [3.05, 3.63) is 35.1 Å². The van der Waals surface area contributed by atoms with Crippen molar-refractivity contribution in [2.24, 2.45) is 0 Å². The SMILES string of the molecule is CC[C@@H](c1c(F)cccc1C(F)(F)F)N1CCNCC1.Cl.Cl. The Kier molecular flexibility index (Phi) is 8.69. The van der Waals surface area contributed by atoms with Crippen LogP contribution in [-0.2, 0) is 6.18 Å².